The van der Waals surface area contributed by atoms with E-state index in [-0.39, 0.29) is 12.5 Å². The fraction of sp³-hybridized carbons (Fsp3) is 0.857. The molecule has 3 nitrogen and oxygen atoms in total. The molecule has 0 radical (unpaired) electrons. The summed E-state index contributed by atoms with van der Waals surface area (Å²) in [4.78, 5) is 10.7. The third-order valence-electron chi connectivity index (χ3n) is 1.51. The summed E-state index contributed by atoms with van der Waals surface area (Å²) in [6.07, 6.45) is 0. The quantitative estimate of drug-likeness (QED) is 0.561. The standard InChI is InChI=1S/C7H15FN2O/c1-7(2,6(9)11)5-10-4-3-8/h10H,3-5H2,1-2H3,(H2,9,11). The zero-order chi connectivity index (χ0) is 8.91. The molecule has 11 heavy (non-hydrogen) atoms. The lowest BCUT2D eigenvalue weighted by Gasteiger charge is -2.20. The first-order valence-electron chi connectivity index (χ1n) is 3.57. The van der Waals surface area contributed by atoms with Crippen molar-refractivity contribution in [2.24, 2.45) is 11.1 Å². The Morgan fingerprint density at radius 1 is 1.64 bits per heavy atom. The maximum Gasteiger partial charge on any atom is 0.224 e. The second kappa shape index (κ2) is 4.28. The molecule has 0 bridgehead atoms. The monoisotopic (exact) mass is 162 g/mol. The Labute approximate surface area is 66.1 Å². The average Bonchev–Trinajstić information content (AvgIpc) is 1.88. The number of alkyl halides is 1. The van der Waals surface area contributed by atoms with Crippen LogP contribution in [0.25, 0.3) is 0 Å². The second-order valence-corrected chi connectivity index (χ2v) is 3.11. The lowest BCUT2D eigenvalue weighted by atomic mass is 9.93. The number of nitrogens with one attached hydrogen (secondary N) is 1. The minimum absolute atomic E-state index is 0.275. The molecule has 0 saturated heterocycles. The summed E-state index contributed by atoms with van der Waals surface area (Å²) >= 11 is 0. The fourth-order valence-corrected chi connectivity index (χ4v) is 0.555. The van der Waals surface area contributed by atoms with Crippen LogP contribution in [0.15, 0.2) is 0 Å². The predicted octanol–water partition coefficient (Wildman–Crippen LogP) is 0.0570. The fourth-order valence-electron chi connectivity index (χ4n) is 0.555. The summed E-state index contributed by atoms with van der Waals surface area (Å²) in [6, 6.07) is 0. The van der Waals surface area contributed by atoms with Crippen LogP contribution >= 0.6 is 0 Å². The molecule has 0 aliphatic rings. The van der Waals surface area contributed by atoms with Crippen molar-refractivity contribution in [3.05, 3.63) is 0 Å². The van der Waals surface area contributed by atoms with Crippen LogP contribution in [-0.4, -0.2) is 25.7 Å². The highest BCUT2D eigenvalue weighted by atomic mass is 19.1. The normalized spacial score (nSPS) is 11.5. The van der Waals surface area contributed by atoms with Crippen LogP contribution in [0.4, 0.5) is 4.39 Å². The van der Waals surface area contributed by atoms with Crippen molar-refractivity contribution in [3.8, 4) is 0 Å². The van der Waals surface area contributed by atoms with Crippen molar-refractivity contribution in [1.82, 2.24) is 5.32 Å². The predicted molar refractivity (Wildman–Crippen MR) is 41.8 cm³/mol. The number of halogens is 1. The van der Waals surface area contributed by atoms with E-state index in [1.807, 2.05) is 0 Å². The van der Waals surface area contributed by atoms with Gasteiger partial charge in [0.05, 0.1) is 5.41 Å². The first-order valence-corrected chi connectivity index (χ1v) is 3.57. The van der Waals surface area contributed by atoms with E-state index in [0.717, 1.165) is 0 Å². The molecular formula is C7H15FN2O. The Morgan fingerprint density at radius 2 is 2.18 bits per heavy atom. The van der Waals surface area contributed by atoms with Crippen molar-refractivity contribution in [2.75, 3.05) is 19.8 Å². The molecule has 0 atom stereocenters. The molecule has 0 saturated carbocycles. The number of rotatable bonds is 5. The van der Waals surface area contributed by atoms with Crippen LogP contribution in [-0.2, 0) is 4.79 Å². The van der Waals surface area contributed by atoms with E-state index in [9.17, 15) is 9.18 Å². The molecule has 0 aromatic heterocycles. The molecule has 0 aliphatic heterocycles. The Hall–Kier alpha value is -0.640. The molecule has 0 heterocycles. The van der Waals surface area contributed by atoms with Crippen molar-refractivity contribution >= 4 is 5.91 Å². The lowest BCUT2D eigenvalue weighted by Crippen LogP contribution is -2.40. The highest BCUT2D eigenvalue weighted by Crippen LogP contribution is 2.11. The van der Waals surface area contributed by atoms with Crippen LogP contribution < -0.4 is 11.1 Å². The molecular weight excluding hydrogens is 147 g/mol. The van der Waals surface area contributed by atoms with Gasteiger partial charge in [-0.3, -0.25) is 4.79 Å². The molecule has 0 fully saturated rings. The van der Waals surface area contributed by atoms with E-state index in [0.29, 0.717) is 6.54 Å². The molecule has 0 rings (SSSR count). The highest BCUT2D eigenvalue weighted by molar-refractivity contribution is 5.80. The van der Waals surface area contributed by atoms with Gasteiger partial charge in [-0.05, 0) is 13.8 Å². The van der Waals surface area contributed by atoms with Gasteiger partial charge in [0.2, 0.25) is 5.91 Å². The molecule has 3 N–H and O–H groups in total. The van der Waals surface area contributed by atoms with E-state index in [4.69, 9.17) is 5.73 Å². The van der Waals surface area contributed by atoms with Gasteiger partial charge < -0.3 is 11.1 Å². The zero-order valence-corrected chi connectivity index (χ0v) is 6.98. The number of hydrogen-bond donors (Lipinski definition) is 2. The number of nitrogens with two attached hydrogens (primary N) is 1. The van der Waals surface area contributed by atoms with Crippen LogP contribution in [0.2, 0.25) is 0 Å². The number of hydrogen-bond acceptors (Lipinski definition) is 2. The average molecular weight is 162 g/mol. The zero-order valence-electron chi connectivity index (χ0n) is 6.98. The minimum Gasteiger partial charge on any atom is -0.369 e. The van der Waals surface area contributed by atoms with Gasteiger partial charge in [-0.15, -0.1) is 0 Å². The van der Waals surface area contributed by atoms with Gasteiger partial charge in [0.25, 0.3) is 0 Å². The molecule has 0 aliphatic carbocycles. The molecule has 0 spiro atoms. The maximum absolute atomic E-state index is 11.6. The van der Waals surface area contributed by atoms with E-state index >= 15 is 0 Å². The summed E-state index contributed by atoms with van der Waals surface area (Å²) in [6.45, 7) is 3.72. The van der Waals surface area contributed by atoms with E-state index in [2.05, 4.69) is 5.32 Å². The summed E-state index contributed by atoms with van der Waals surface area (Å²) in [7, 11) is 0. The first-order chi connectivity index (χ1) is 5.00. The second-order valence-electron chi connectivity index (χ2n) is 3.11. The van der Waals surface area contributed by atoms with E-state index in [1.165, 1.54) is 0 Å². The number of carbonyl (C=O) groups excluding carboxylic acids is 1. The van der Waals surface area contributed by atoms with Crippen molar-refractivity contribution in [2.45, 2.75) is 13.8 Å². The molecule has 0 aromatic rings. The van der Waals surface area contributed by atoms with Gasteiger partial charge in [0.1, 0.15) is 6.67 Å². The number of carbonyl (C=O) groups is 1. The van der Waals surface area contributed by atoms with Crippen molar-refractivity contribution in [1.29, 1.82) is 0 Å². The Balaban J connectivity index is 3.64. The Morgan fingerprint density at radius 3 is 2.55 bits per heavy atom. The summed E-state index contributed by atoms with van der Waals surface area (Å²) in [5.74, 6) is -0.371. The topological polar surface area (TPSA) is 55.1 Å². The van der Waals surface area contributed by atoms with Gasteiger partial charge in [0, 0.05) is 13.1 Å². The maximum atomic E-state index is 11.6. The van der Waals surface area contributed by atoms with Crippen LogP contribution in [0, 0.1) is 5.41 Å². The molecule has 66 valence electrons. The third-order valence-corrected chi connectivity index (χ3v) is 1.51. The van der Waals surface area contributed by atoms with Crippen LogP contribution in [0.1, 0.15) is 13.8 Å². The smallest absolute Gasteiger partial charge is 0.224 e. The van der Waals surface area contributed by atoms with Crippen molar-refractivity contribution < 1.29 is 9.18 Å². The van der Waals surface area contributed by atoms with Crippen LogP contribution in [0.3, 0.4) is 0 Å². The molecule has 1 amide bonds. The van der Waals surface area contributed by atoms with Crippen LogP contribution in [0.5, 0.6) is 0 Å². The van der Waals surface area contributed by atoms with Gasteiger partial charge in [-0.2, -0.15) is 0 Å². The van der Waals surface area contributed by atoms with Crippen molar-refractivity contribution in [3.63, 3.8) is 0 Å². The summed E-state index contributed by atoms with van der Waals surface area (Å²) < 4.78 is 11.6. The summed E-state index contributed by atoms with van der Waals surface area (Å²) in [5, 5.41) is 2.78. The molecule has 0 aromatic carbocycles. The minimum atomic E-state index is -0.588. The molecule has 4 heteroatoms. The SMILES string of the molecule is CC(C)(CNCCF)C(N)=O. The number of amides is 1. The van der Waals surface area contributed by atoms with E-state index in [1.54, 1.807) is 13.8 Å². The Kier molecular flexibility index (Phi) is 4.03. The summed E-state index contributed by atoms with van der Waals surface area (Å²) in [5.41, 5.74) is 4.49. The lowest BCUT2D eigenvalue weighted by molar-refractivity contribution is -0.125. The highest BCUT2D eigenvalue weighted by Gasteiger charge is 2.23. The van der Waals surface area contributed by atoms with Gasteiger partial charge in [0.15, 0.2) is 0 Å². The molecule has 0 unspecified atom stereocenters. The van der Waals surface area contributed by atoms with Gasteiger partial charge in [-0.25, -0.2) is 4.39 Å². The first kappa shape index (κ1) is 10.4. The third kappa shape index (κ3) is 3.93. The van der Waals surface area contributed by atoms with Gasteiger partial charge >= 0.3 is 0 Å². The largest absolute Gasteiger partial charge is 0.369 e. The van der Waals surface area contributed by atoms with Gasteiger partial charge in [-0.1, -0.05) is 0 Å². The number of primary amides is 1. The Bertz CT molecular complexity index is 136. The van der Waals surface area contributed by atoms with E-state index < -0.39 is 12.1 Å².